The van der Waals surface area contributed by atoms with Gasteiger partial charge >= 0.3 is 5.97 Å². The summed E-state index contributed by atoms with van der Waals surface area (Å²) < 4.78 is 28.3. The average Bonchev–Trinajstić information content (AvgIpc) is 3.31. The molecule has 3 aromatic carbocycles. The predicted octanol–water partition coefficient (Wildman–Crippen LogP) is 4.63. The smallest absolute Gasteiger partial charge is 0.304 e. The van der Waals surface area contributed by atoms with Crippen LogP contribution in [-0.4, -0.2) is 57.7 Å². The third kappa shape index (κ3) is 5.46. The fraction of sp³-hybridized carbons (Fsp3) is 0.367. The summed E-state index contributed by atoms with van der Waals surface area (Å²) in [5.41, 5.74) is 6.64. The van der Waals surface area contributed by atoms with Crippen LogP contribution in [0.1, 0.15) is 53.0 Å². The van der Waals surface area contributed by atoms with Crippen molar-refractivity contribution in [3.8, 4) is 0 Å². The summed E-state index contributed by atoms with van der Waals surface area (Å²) in [7, 11) is -1.57. The van der Waals surface area contributed by atoms with Crippen LogP contribution in [0.15, 0.2) is 65.6 Å². The van der Waals surface area contributed by atoms with E-state index in [0.29, 0.717) is 24.4 Å². The number of aliphatic carboxylic acids is 1. The molecule has 1 aliphatic rings. The first-order valence-electron chi connectivity index (χ1n) is 13.3. The van der Waals surface area contributed by atoms with Gasteiger partial charge in [-0.1, -0.05) is 47.7 Å². The lowest BCUT2D eigenvalue weighted by Crippen LogP contribution is -2.41. The Morgan fingerprint density at radius 1 is 1.10 bits per heavy atom. The maximum absolute atomic E-state index is 13.3. The zero-order valence-corrected chi connectivity index (χ0v) is 23.4. The van der Waals surface area contributed by atoms with Crippen molar-refractivity contribution in [1.82, 2.24) is 19.9 Å². The second-order valence-electron chi connectivity index (χ2n) is 10.6. The van der Waals surface area contributed by atoms with E-state index < -0.39 is 21.1 Å². The summed E-state index contributed by atoms with van der Waals surface area (Å²) in [5.74, 6) is -1.22. The summed E-state index contributed by atoms with van der Waals surface area (Å²) in [5, 5.41) is 17.8. The first-order valence-corrected chi connectivity index (χ1v) is 14.8. The van der Waals surface area contributed by atoms with E-state index in [-0.39, 0.29) is 12.3 Å². The Kier molecular flexibility index (Phi) is 7.55. The van der Waals surface area contributed by atoms with Gasteiger partial charge in [-0.15, -0.1) is 5.10 Å². The highest BCUT2D eigenvalue weighted by molar-refractivity contribution is 7.92. The molecule has 0 spiro atoms. The molecule has 0 bridgehead atoms. The summed E-state index contributed by atoms with van der Waals surface area (Å²) in [4.78, 5) is 14.5. The number of carboxylic acids is 1. The van der Waals surface area contributed by atoms with Gasteiger partial charge in [0.25, 0.3) is 0 Å². The zero-order chi connectivity index (χ0) is 27.7. The van der Waals surface area contributed by atoms with E-state index in [1.165, 1.54) is 0 Å². The molecule has 1 N–H and O–H groups in total. The molecule has 2 heterocycles. The second-order valence-corrected chi connectivity index (χ2v) is 12.8. The number of carbonyl (C=O) groups is 1. The van der Waals surface area contributed by atoms with Crippen LogP contribution in [0, 0.1) is 13.8 Å². The summed E-state index contributed by atoms with van der Waals surface area (Å²) in [6.07, 6.45) is 1.42. The van der Waals surface area contributed by atoms with Crippen LogP contribution < -0.4 is 0 Å². The Labute approximate surface area is 229 Å². The first kappa shape index (κ1) is 27.0. The normalized spacial score (nSPS) is 17.4. The number of carboxylic acid groups (broad SMARTS) is 1. The van der Waals surface area contributed by atoms with Gasteiger partial charge in [-0.2, -0.15) is 0 Å². The van der Waals surface area contributed by atoms with Gasteiger partial charge in [0.1, 0.15) is 5.52 Å². The lowest BCUT2D eigenvalue weighted by Gasteiger charge is -2.33. The van der Waals surface area contributed by atoms with Crippen LogP contribution in [0.2, 0.25) is 0 Å². The first-order chi connectivity index (χ1) is 18.6. The van der Waals surface area contributed by atoms with E-state index >= 15 is 0 Å². The van der Waals surface area contributed by atoms with Crippen LogP contribution in [0.25, 0.3) is 11.0 Å². The summed E-state index contributed by atoms with van der Waals surface area (Å²) >= 11 is 0. The van der Waals surface area contributed by atoms with Crippen molar-refractivity contribution >= 4 is 26.8 Å². The molecule has 0 saturated carbocycles. The molecular formula is C30H34N4O4S. The fourth-order valence-corrected chi connectivity index (χ4v) is 7.55. The van der Waals surface area contributed by atoms with Crippen molar-refractivity contribution in [1.29, 1.82) is 0 Å². The Bertz CT molecular complexity index is 1610. The summed E-state index contributed by atoms with van der Waals surface area (Å²) in [6.45, 7) is 5.93. The number of aromatic nitrogens is 3. The van der Waals surface area contributed by atoms with E-state index in [4.69, 9.17) is 0 Å². The Morgan fingerprint density at radius 2 is 1.87 bits per heavy atom. The van der Waals surface area contributed by atoms with E-state index in [1.54, 1.807) is 28.9 Å². The third-order valence-electron chi connectivity index (χ3n) is 7.98. The van der Waals surface area contributed by atoms with Gasteiger partial charge in [0.15, 0.2) is 9.84 Å². The van der Waals surface area contributed by atoms with Crippen molar-refractivity contribution in [2.75, 3.05) is 13.1 Å². The fourth-order valence-electron chi connectivity index (χ4n) is 5.74. The van der Waals surface area contributed by atoms with Crippen LogP contribution >= 0.6 is 0 Å². The minimum atomic E-state index is -3.41. The molecule has 2 atom stereocenters. The van der Waals surface area contributed by atoms with Crippen molar-refractivity contribution in [2.24, 2.45) is 7.05 Å². The van der Waals surface area contributed by atoms with Gasteiger partial charge in [-0.25, -0.2) is 13.1 Å². The Balaban J connectivity index is 1.43. The molecule has 9 heteroatoms. The molecule has 5 rings (SSSR count). The molecule has 39 heavy (non-hydrogen) atoms. The minimum absolute atomic E-state index is 0.0454. The average molecular weight is 547 g/mol. The topological polar surface area (TPSA) is 105 Å². The number of piperidine rings is 1. The zero-order valence-electron chi connectivity index (χ0n) is 22.5. The molecular weight excluding hydrogens is 512 g/mol. The van der Waals surface area contributed by atoms with E-state index in [9.17, 15) is 18.3 Å². The van der Waals surface area contributed by atoms with Gasteiger partial charge in [0.05, 0.1) is 22.1 Å². The number of aryl methyl sites for hydroxylation is 3. The molecule has 0 aliphatic carbocycles. The Hall–Kier alpha value is -3.56. The number of nitrogens with zero attached hydrogens (tertiary/aromatic N) is 4. The molecule has 2 unspecified atom stereocenters. The number of benzene rings is 3. The number of likely N-dealkylation sites (tertiary alicyclic amines) is 1. The molecule has 1 aliphatic heterocycles. The van der Waals surface area contributed by atoms with Gasteiger partial charge in [0, 0.05) is 26.1 Å². The van der Waals surface area contributed by atoms with E-state index in [0.717, 1.165) is 51.8 Å². The quantitative estimate of drug-likeness (QED) is 0.344. The molecule has 4 aromatic rings. The highest BCUT2D eigenvalue weighted by Crippen LogP contribution is 2.34. The minimum Gasteiger partial charge on any atom is -0.481 e. The molecule has 204 valence electrons. The predicted molar refractivity (Wildman–Crippen MR) is 150 cm³/mol. The number of fused-ring (bicyclic) bond motifs is 1. The molecule has 0 radical (unpaired) electrons. The second kappa shape index (κ2) is 10.9. The SMILES string of the molecule is Cc1ccc(C(CC(=O)O)c2ccc3c(nnn3C)c2C)cc1CN1CCCC(S(=O)(=O)c2ccccc2)C1. The van der Waals surface area contributed by atoms with E-state index in [1.807, 2.05) is 51.2 Å². The van der Waals surface area contributed by atoms with Crippen LogP contribution in [0.5, 0.6) is 0 Å². The number of sulfone groups is 1. The lowest BCUT2D eigenvalue weighted by molar-refractivity contribution is -0.137. The standard InChI is InChI=1S/C30H34N4O4S/c1-20-11-12-22(27(17-29(35)36)26-13-14-28-30(21(26)2)31-32-33(28)3)16-23(20)18-34-15-7-10-25(19-34)39(37,38)24-8-5-4-6-9-24/h4-6,8-9,11-14,16,25,27H,7,10,15,17-19H2,1-3H3,(H,35,36). The van der Waals surface area contributed by atoms with Crippen LogP contribution in [0.4, 0.5) is 0 Å². The maximum Gasteiger partial charge on any atom is 0.304 e. The molecule has 1 aromatic heterocycles. The lowest BCUT2D eigenvalue weighted by atomic mass is 9.84. The van der Waals surface area contributed by atoms with Crippen molar-refractivity contribution in [2.45, 2.75) is 55.7 Å². The van der Waals surface area contributed by atoms with E-state index in [2.05, 4.69) is 21.3 Å². The van der Waals surface area contributed by atoms with Gasteiger partial charge < -0.3 is 5.11 Å². The van der Waals surface area contributed by atoms with Crippen molar-refractivity contribution < 1.29 is 18.3 Å². The highest BCUT2D eigenvalue weighted by Gasteiger charge is 2.32. The molecule has 0 amide bonds. The molecule has 8 nitrogen and oxygen atoms in total. The molecule has 1 fully saturated rings. The number of hydrogen-bond acceptors (Lipinski definition) is 6. The monoisotopic (exact) mass is 546 g/mol. The number of rotatable bonds is 8. The van der Waals surface area contributed by atoms with Gasteiger partial charge in [-0.3, -0.25) is 9.69 Å². The van der Waals surface area contributed by atoms with Crippen molar-refractivity contribution in [3.63, 3.8) is 0 Å². The van der Waals surface area contributed by atoms with Crippen LogP contribution in [-0.2, 0) is 28.2 Å². The van der Waals surface area contributed by atoms with Crippen LogP contribution in [0.3, 0.4) is 0 Å². The van der Waals surface area contributed by atoms with Crippen molar-refractivity contribution in [3.05, 3.63) is 88.5 Å². The number of hydrogen-bond donors (Lipinski definition) is 1. The summed E-state index contributed by atoms with van der Waals surface area (Å²) in [6, 6.07) is 18.8. The third-order valence-corrected chi connectivity index (χ3v) is 10.2. The van der Waals surface area contributed by atoms with Gasteiger partial charge in [0.2, 0.25) is 0 Å². The largest absolute Gasteiger partial charge is 0.481 e. The highest BCUT2D eigenvalue weighted by atomic mass is 32.2. The van der Waals surface area contributed by atoms with Gasteiger partial charge in [-0.05, 0) is 79.3 Å². The molecule has 1 saturated heterocycles. The maximum atomic E-state index is 13.3. The Morgan fingerprint density at radius 3 is 2.62 bits per heavy atom.